The van der Waals surface area contributed by atoms with Gasteiger partial charge in [-0.1, -0.05) is 6.07 Å². The zero-order chi connectivity index (χ0) is 19.5. The van der Waals surface area contributed by atoms with Gasteiger partial charge < -0.3 is 25.4 Å². The van der Waals surface area contributed by atoms with Crippen molar-refractivity contribution in [2.24, 2.45) is 10.9 Å². The third kappa shape index (κ3) is 8.30. The van der Waals surface area contributed by atoms with Gasteiger partial charge in [0.05, 0.1) is 6.61 Å². The Labute approximate surface area is 161 Å². The minimum Gasteiger partial charge on any atom is -0.508 e. The van der Waals surface area contributed by atoms with Crippen LogP contribution in [0.2, 0.25) is 0 Å². The fraction of sp³-hybridized carbons (Fsp3) is 0.600. The van der Waals surface area contributed by atoms with Crippen LogP contribution in [0.4, 0.5) is 0 Å². The zero-order valence-electron chi connectivity index (χ0n) is 16.4. The first-order valence-electron chi connectivity index (χ1n) is 9.74. The molecular formula is C20H32N4O3. The molecule has 0 aliphatic heterocycles. The number of hydrogen-bond donors (Lipinski definition) is 3. The molecule has 0 saturated heterocycles. The number of benzene rings is 1. The number of phenolic OH excluding ortho intramolecular Hbond substituents is 1. The molecule has 0 radical (unpaired) electrons. The molecule has 2 rings (SSSR count). The van der Waals surface area contributed by atoms with Crippen molar-refractivity contribution in [3.05, 3.63) is 29.8 Å². The molecular weight excluding hydrogens is 344 g/mol. The van der Waals surface area contributed by atoms with E-state index in [1.165, 1.54) is 18.9 Å². The predicted molar refractivity (Wildman–Crippen MR) is 107 cm³/mol. The summed E-state index contributed by atoms with van der Waals surface area (Å²) in [5.41, 5.74) is 0.456. The number of carbonyl (C=O) groups is 1. The predicted octanol–water partition coefficient (Wildman–Crippen LogP) is 1.84. The molecule has 7 nitrogen and oxygen atoms in total. The van der Waals surface area contributed by atoms with Gasteiger partial charge in [-0.15, -0.1) is 0 Å². The van der Waals surface area contributed by atoms with Gasteiger partial charge in [0.15, 0.2) is 5.96 Å². The molecule has 0 aromatic heterocycles. The SMILES string of the molecule is CCNC(=NCCCNC(=O)c1cccc(O)c1)N(C)CCOCC1CC1. The number of hydrogen-bond acceptors (Lipinski definition) is 4. The summed E-state index contributed by atoms with van der Waals surface area (Å²) in [4.78, 5) is 18.7. The molecule has 0 heterocycles. The number of guanidine groups is 1. The van der Waals surface area contributed by atoms with Crippen molar-refractivity contribution >= 4 is 11.9 Å². The van der Waals surface area contributed by atoms with Gasteiger partial charge in [-0.05, 0) is 50.3 Å². The highest BCUT2D eigenvalue weighted by Crippen LogP contribution is 2.28. The molecule has 1 aromatic rings. The van der Waals surface area contributed by atoms with Crippen molar-refractivity contribution < 1.29 is 14.6 Å². The molecule has 1 aromatic carbocycles. The second-order valence-corrected chi connectivity index (χ2v) is 6.84. The van der Waals surface area contributed by atoms with Crippen LogP contribution in [0.15, 0.2) is 29.3 Å². The maximum atomic E-state index is 12.0. The molecule has 1 saturated carbocycles. The largest absolute Gasteiger partial charge is 0.508 e. The minimum atomic E-state index is -0.188. The highest BCUT2D eigenvalue weighted by Gasteiger charge is 2.21. The van der Waals surface area contributed by atoms with Crippen LogP contribution < -0.4 is 10.6 Å². The molecule has 150 valence electrons. The second kappa shape index (κ2) is 11.4. The smallest absolute Gasteiger partial charge is 0.251 e. The molecule has 3 N–H and O–H groups in total. The van der Waals surface area contributed by atoms with Crippen LogP contribution >= 0.6 is 0 Å². The Morgan fingerprint density at radius 1 is 1.37 bits per heavy atom. The van der Waals surface area contributed by atoms with E-state index < -0.39 is 0 Å². The van der Waals surface area contributed by atoms with Gasteiger partial charge >= 0.3 is 0 Å². The van der Waals surface area contributed by atoms with Gasteiger partial charge in [0.2, 0.25) is 0 Å². The van der Waals surface area contributed by atoms with Crippen LogP contribution in [-0.4, -0.2) is 68.3 Å². The highest BCUT2D eigenvalue weighted by molar-refractivity contribution is 5.94. The van der Waals surface area contributed by atoms with E-state index in [2.05, 4.69) is 20.5 Å². The van der Waals surface area contributed by atoms with Crippen molar-refractivity contribution in [3.63, 3.8) is 0 Å². The van der Waals surface area contributed by atoms with E-state index in [4.69, 9.17) is 4.74 Å². The molecule has 0 spiro atoms. The molecule has 1 amide bonds. The number of rotatable bonds is 11. The quantitative estimate of drug-likeness (QED) is 0.312. The number of phenols is 1. The summed E-state index contributed by atoms with van der Waals surface area (Å²) in [6.07, 6.45) is 3.36. The summed E-state index contributed by atoms with van der Waals surface area (Å²) in [5, 5.41) is 15.6. The summed E-state index contributed by atoms with van der Waals surface area (Å²) in [7, 11) is 2.01. The number of ether oxygens (including phenoxy) is 1. The summed E-state index contributed by atoms with van der Waals surface area (Å²) < 4.78 is 5.69. The molecule has 0 unspecified atom stereocenters. The van der Waals surface area contributed by atoms with Gasteiger partial charge in [-0.3, -0.25) is 9.79 Å². The van der Waals surface area contributed by atoms with Crippen molar-refractivity contribution in [2.75, 3.05) is 46.4 Å². The van der Waals surface area contributed by atoms with E-state index >= 15 is 0 Å². The number of nitrogens with one attached hydrogen (secondary N) is 2. The molecule has 27 heavy (non-hydrogen) atoms. The number of carbonyl (C=O) groups excluding carboxylic acids is 1. The van der Waals surface area contributed by atoms with Crippen LogP contribution in [0.1, 0.15) is 36.5 Å². The van der Waals surface area contributed by atoms with E-state index in [0.717, 1.165) is 38.0 Å². The Bertz CT molecular complexity index is 617. The Morgan fingerprint density at radius 2 is 2.19 bits per heavy atom. The van der Waals surface area contributed by atoms with Crippen LogP contribution in [0.25, 0.3) is 0 Å². The molecule has 1 fully saturated rings. The lowest BCUT2D eigenvalue weighted by Gasteiger charge is -2.22. The van der Waals surface area contributed by atoms with Crippen LogP contribution in [0.3, 0.4) is 0 Å². The second-order valence-electron chi connectivity index (χ2n) is 6.84. The normalized spacial score (nSPS) is 14.1. The first-order valence-corrected chi connectivity index (χ1v) is 9.74. The van der Waals surface area contributed by atoms with Crippen LogP contribution in [0, 0.1) is 5.92 Å². The van der Waals surface area contributed by atoms with E-state index in [0.29, 0.717) is 25.3 Å². The molecule has 0 bridgehead atoms. The maximum absolute atomic E-state index is 12.0. The Morgan fingerprint density at radius 3 is 2.89 bits per heavy atom. The molecule has 7 heteroatoms. The first kappa shape index (κ1) is 21.0. The number of aromatic hydroxyl groups is 1. The number of likely N-dealkylation sites (N-methyl/N-ethyl adjacent to an activating group) is 1. The Hall–Kier alpha value is -2.28. The van der Waals surface area contributed by atoms with E-state index in [1.54, 1.807) is 18.2 Å². The highest BCUT2D eigenvalue weighted by atomic mass is 16.5. The minimum absolute atomic E-state index is 0.0895. The number of amides is 1. The van der Waals surface area contributed by atoms with Crippen molar-refractivity contribution in [2.45, 2.75) is 26.2 Å². The molecule has 1 aliphatic rings. The third-order valence-corrected chi connectivity index (χ3v) is 4.31. The fourth-order valence-electron chi connectivity index (χ4n) is 2.53. The van der Waals surface area contributed by atoms with Crippen molar-refractivity contribution in [3.8, 4) is 5.75 Å². The average Bonchev–Trinajstić information content (AvgIpc) is 3.48. The summed E-state index contributed by atoms with van der Waals surface area (Å²) in [6.45, 7) is 6.38. The Kier molecular flexibility index (Phi) is 8.91. The van der Waals surface area contributed by atoms with Crippen LogP contribution in [0.5, 0.6) is 5.75 Å². The van der Waals surface area contributed by atoms with Crippen LogP contribution in [-0.2, 0) is 4.74 Å². The standard InChI is InChI=1S/C20H32N4O3/c1-3-21-20(24(2)12-13-27-15-16-8-9-16)23-11-5-10-22-19(26)17-6-4-7-18(25)14-17/h4,6-7,14,16,25H,3,5,8-13,15H2,1-2H3,(H,21,23)(H,22,26). The van der Waals surface area contributed by atoms with Gasteiger partial charge in [-0.2, -0.15) is 0 Å². The first-order chi connectivity index (χ1) is 13.1. The van der Waals surface area contributed by atoms with Crippen molar-refractivity contribution in [1.82, 2.24) is 15.5 Å². The number of aliphatic imine (C=N–C) groups is 1. The Balaban J connectivity index is 1.66. The lowest BCUT2D eigenvalue weighted by Crippen LogP contribution is -2.40. The van der Waals surface area contributed by atoms with E-state index in [9.17, 15) is 9.90 Å². The molecule has 0 atom stereocenters. The monoisotopic (exact) mass is 376 g/mol. The van der Waals surface area contributed by atoms with Crippen molar-refractivity contribution in [1.29, 1.82) is 0 Å². The van der Waals surface area contributed by atoms with Gasteiger partial charge in [-0.25, -0.2) is 0 Å². The lowest BCUT2D eigenvalue weighted by atomic mass is 10.2. The fourth-order valence-corrected chi connectivity index (χ4v) is 2.53. The average molecular weight is 377 g/mol. The topological polar surface area (TPSA) is 86.2 Å². The van der Waals surface area contributed by atoms with E-state index in [1.807, 2.05) is 14.0 Å². The third-order valence-electron chi connectivity index (χ3n) is 4.31. The molecule has 1 aliphatic carbocycles. The van der Waals surface area contributed by atoms with Gasteiger partial charge in [0.25, 0.3) is 5.91 Å². The summed E-state index contributed by atoms with van der Waals surface area (Å²) in [6, 6.07) is 6.33. The summed E-state index contributed by atoms with van der Waals surface area (Å²) >= 11 is 0. The van der Waals surface area contributed by atoms with Gasteiger partial charge in [0, 0.05) is 45.4 Å². The summed E-state index contributed by atoms with van der Waals surface area (Å²) in [5.74, 6) is 1.54. The zero-order valence-corrected chi connectivity index (χ0v) is 16.4. The maximum Gasteiger partial charge on any atom is 0.251 e. The van der Waals surface area contributed by atoms with Gasteiger partial charge in [0.1, 0.15) is 5.75 Å². The lowest BCUT2D eigenvalue weighted by molar-refractivity contribution is 0.0953. The number of nitrogens with zero attached hydrogens (tertiary/aromatic N) is 2. The van der Waals surface area contributed by atoms with E-state index in [-0.39, 0.29) is 11.7 Å².